The Morgan fingerprint density at radius 3 is 2.80 bits per heavy atom. The van der Waals surface area contributed by atoms with Gasteiger partial charge in [0, 0.05) is 11.0 Å². The third-order valence-electron chi connectivity index (χ3n) is 2.92. The fraction of sp³-hybridized carbons (Fsp3) is 0.0909. The number of fused-ring (bicyclic) bond motifs is 1. The van der Waals surface area contributed by atoms with E-state index < -0.39 is 13.1 Å². The number of rotatable bonds is 3. The number of ether oxygens (including phenoxy) is 2. The topological polar surface area (TPSA) is 125 Å². The Balaban J connectivity index is 2.15. The first-order valence-electron chi connectivity index (χ1n) is 5.65. The summed E-state index contributed by atoms with van der Waals surface area (Å²) in [4.78, 5) is 10.8. The molecule has 0 aliphatic carbocycles. The summed E-state index contributed by atoms with van der Waals surface area (Å²) in [7, 11) is -1.80. The monoisotopic (exact) mass is 276 g/mol. The molecule has 0 amide bonds. The van der Waals surface area contributed by atoms with E-state index in [0.717, 1.165) is 0 Å². The van der Waals surface area contributed by atoms with Crippen LogP contribution in [0.15, 0.2) is 18.2 Å². The number of H-pyrrole nitrogens is 1. The first-order valence-corrected chi connectivity index (χ1v) is 5.65. The minimum Gasteiger partial charge on any atom is -0.477 e. The Bertz CT molecular complexity index is 684. The normalized spacial score (nSPS) is 12.5. The number of hydrogen-bond acceptors (Lipinski definition) is 6. The van der Waals surface area contributed by atoms with Crippen LogP contribution in [0.2, 0.25) is 0 Å². The van der Waals surface area contributed by atoms with Gasteiger partial charge in [0.15, 0.2) is 11.5 Å². The molecular formula is C11H9BN2O6. The number of benzene rings is 1. The van der Waals surface area contributed by atoms with E-state index in [1.807, 2.05) is 0 Å². The average Bonchev–Trinajstić information content (AvgIpc) is 3.05. The Kier molecular flexibility index (Phi) is 2.85. The van der Waals surface area contributed by atoms with Gasteiger partial charge in [-0.15, -0.1) is 0 Å². The molecule has 0 unspecified atom stereocenters. The zero-order valence-corrected chi connectivity index (χ0v) is 10.0. The van der Waals surface area contributed by atoms with Crippen LogP contribution < -0.4 is 14.9 Å². The van der Waals surface area contributed by atoms with Crippen LogP contribution in [0.5, 0.6) is 11.5 Å². The van der Waals surface area contributed by atoms with Crippen LogP contribution in [0, 0.1) is 0 Å². The zero-order valence-electron chi connectivity index (χ0n) is 10.0. The number of aromatic nitrogens is 2. The van der Waals surface area contributed by atoms with Crippen LogP contribution in [0.1, 0.15) is 10.5 Å². The number of hydrogen-bond donors (Lipinski definition) is 4. The van der Waals surface area contributed by atoms with Crippen LogP contribution in [0.25, 0.3) is 11.3 Å². The van der Waals surface area contributed by atoms with Gasteiger partial charge in [-0.2, -0.15) is 5.10 Å². The maximum Gasteiger partial charge on any atom is 0.493 e. The summed E-state index contributed by atoms with van der Waals surface area (Å²) >= 11 is 0. The van der Waals surface area contributed by atoms with Gasteiger partial charge in [0.05, 0.1) is 5.69 Å². The molecule has 2 heterocycles. The molecule has 0 saturated carbocycles. The zero-order chi connectivity index (χ0) is 14.3. The third-order valence-corrected chi connectivity index (χ3v) is 2.92. The molecule has 3 rings (SSSR count). The number of nitrogens with zero attached hydrogens (tertiary/aromatic N) is 1. The number of aromatic amines is 1. The number of aromatic carboxylic acids is 1. The molecule has 2 aromatic rings. The van der Waals surface area contributed by atoms with E-state index in [1.165, 1.54) is 6.07 Å². The summed E-state index contributed by atoms with van der Waals surface area (Å²) in [6.45, 7) is -0.0144. The summed E-state index contributed by atoms with van der Waals surface area (Å²) in [5, 5.41) is 34.1. The van der Waals surface area contributed by atoms with Crippen LogP contribution in [-0.4, -0.2) is 45.2 Å². The van der Waals surface area contributed by atoms with Crippen molar-refractivity contribution in [2.24, 2.45) is 0 Å². The van der Waals surface area contributed by atoms with Gasteiger partial charge in [0.1, 0.15) is 5.69 Å². The minimum atomic E-state index is -1.80. The molecule has 9 heteroatoms. The fourth-order valence-electron chi connectivity index (χ4n) is 2.04. The van der Waals surface area contributed by atoms with Crippen molar-refractivity contribution in [3.8, 4) is 22.8 Å². The summed E-state index contributed by atoms with van der Waals surface area (Å²) < 4.78 is 10.4. The lowest BCUT2D eigenvalue weighted by Gasteiger charge is -2.09. The first-order chi connectivity index (χ1) is 9.58. The van der Waals surface area contributed by atoms with E-state index >= 15 is 0 Å². The summed E-state index contributed by atoms with van der Waals surface area (Å²) in [5.74, 6) is -0.543. The maximum atomic E-state index is 10.8. The Morgan fingerprint density at radius 2 is 2.15 bits per heavy atom. The van der Waals surface area contributed by atoms with Crippen LogP contribution >= 0.6 is 0 Å². The van der Waals surface area contributed by atoms with E-state index in [0.29, 0.717) is 11.3 Å². The highest BCUT2D eigenvalue weighted by Gasteiger charge is 2.29. The molecule has 8 nitrogen and oxygen atoms in total. The molecule has 1 aromatic heterocycles. The Hall–Kier alpha value is -2.52. The summed E-state index contributed by atoms with van der Waals surface area (Å²) in [5.41, 5.74) is 0.608. The second-order valence-corrected chi connectivity index (χ2v) is 4.11. The molecule has 102 valence electrons. The molecular weight excluding hydrogens is 267 g/mol. The summed E-state index contributed by atoms with van der Waals surface area (Å²) in [6.07, 6.45) is 0. The van der Waals surface area contributed by atoms with E-state index in [-0.39, 0.29) is 29.4 Å². The number of nitrogens with one attached hydrogen (secondary N) is 1. The first kappa shape index (κ1) is 12.5. The quantitative estimate of drug-likeness (QED) is 0.540. The molecule has 0 spiro atoms. The molecule has 20 heavy (non-hydrogen) atoms. The molecule has 1 aromatic carbocycles. The van der Waals surface area contributed by atoms with Crippen molar-refractivity contribution in [2.75, 3.05) is 6.79 Å². The lowest BCUT2D eigenvalue weighted by molar-refractivity contribution is 0.0690. The van der Waals surface area contributed by atoms with E-state index in [2.05, 4.69) is 10.2 Å². The Labute approximate surface area is 112 Å². The minimum absolute atomic E-state index is 0.0144. The molecule has 1 aliphatic rings. The van der Waals surface area contributed by atoms with Gasteiger partial charge >= 0.3 is 13.1 Å². The van der Waals surface area contributed by atoms with Crippen LogP contribution in [-0.2, 0) is 0 Å². The van der Waals surface area contributed by atoms with Crippen molar-refractivity contribution < 1.29 is 29.4 Å². The van der Waals surface area contributed by atoms with Gasteiger partial charge < -0.3 is 24.6 Å². The van der Waals surface area contributed by atoms with Crippen molar-refractivity contribution in [3.05, 3.63) is 23.9 Å². The molecule has 0 radical (unpaired) electrons. The van der Waals surface area contributed by atoms with Crippen LogP contribution in [0.3, 0.4) is 0 Å². The molecule has 1 aliphatic heterocycles. The van der Waals surface area contributed by atoms with Crippen LogP contribution in [0.4, 0.5) is 0 Å². The van der Waals surface area contributed by atoms with Gasteiger partial charge in [-0.1, -0.05) is 0 Å². The lowest BCUT2D eigenvalue weighted by atomic mass is 9.75. The van der Waals surface area contributed by atoms with Gasteiger partial charge in [-0.3, -0.25) is 5.10 Å². The van der Waals surface area contributed by atoms with Crippen molar-refractivity contribution >= 4 is 18.6 Å². The highest BCUT2D eigenvalue weighted by atomic mass is 16.7. The van der Waals surface area contributed by atoms with E-state index in [9.17, 15) is 14.8 Å². The van der Waals surface area contributed by atoms with Gasteiger partial charge in [-0.25, -0.2) is 4.79 Å². The van der Waals surface area contributed by atoms with Gasteiger partial charge in [0.25, 0.3) is 0 Å². The van der Waals surface area contributed by atoms with Crippen molar-refractivity contribution in [3.63, 3.8) is 0 Å². The standard InChI is InChI=1S/C11H9BN2O6/c15-11(16)7-3-6(13-14-7)5-1-2-8-10(20-4-19-8)9(5)12(17)18/h1-3,17-18H,4H2,(H,13,14)(H,15,16). The molecule has 0 fully saturated rings. The summed E-state index contributed by atoms with van der Waals surface area (Å²) in [6, 6.07) is 4.45. The maximum absolute atomic E-state index is 10.8. The number of carbonyl (C=O) groups is 1. The van der Waals surface area contributed by atoms with Crippen molar-refractivity contribution in [2.45, 2.75) is 0 Å². The number of carboxylic acids is 1. The van der Waals surface area contributed by atoms with E-state index in [1.54, 1.807) is 12.1 Å². The second kappa shape index (κ2) is 4.55. The highest BCUT2D eigenvalue weighted by Crippen LogP contribution is 2.33. The second-order valence-electron chi connectivity index (χ2n) is 4.11. The highest BCUT2D eigenvalue weighted by molar-refractivity contribution is 6.61. The predicted molar refractivity (Wildman–Crippen MR) is 66.9 cm³/mol. The molecule has 0 atom stereocenters. The largest absolute Gasteiger partial charge is 0.493 e. The third kappa shape index (κ3) is 1.89. The van der Waals surface area contributed by atoms with Crippen molar-refractivity contribution in [1.82, 2.24) is 10.2 Å². The molecule has 0 saturated heterocycles. The smallest absolute Gasteiger partial charge is 0.477 e. The molecule has 0 bridgehead atoms. The Morgan fingerprint density at radius 1 is 1.35 bits per heavy atom. The number of carboxylic acid groups (broad SMARTS) is 1. The van der Waals surface area contributed by atoms with Crippen molar-refractivity contribution in [1.29, 1.82) is 0 Å². The van der Waals surface area contributed by atoms with Gasteiger partial charge in [0.2, 0.25) is 6.79 Å². The fourth-order valence-corrected chi connectivity index (χ4v) is 2.04. The SMILES string of the molecule is O=C(O)c1cc(-c2ccc3c(c2B(O)O)OCO3)n[nH]1. The predicted octanol–water partition coefficient (Wildman–Crippen LogP) is -0.817. The lowest BCUT2D eigenvalue weighted by Crippen LogP contribution is -2.32. The van der Waals surface area contributed by atoms with Gasteiger partial charge in [-0.05, 0) is 18.2 Å². The van der Waals surface area contributed by atoms with E-state index in [4.69, 9.17) is 14.6 Å². The molecule has 4 N–H and O–H groups in total. The average molecular weight is 276 g/mol.